The lowest BCUT2D eigenvalue weighted by molar-refractivity contribution is -0.145. The van der Waals surface area contributed by atoms with Gasteiger partial charge in [-0.3, -0.25) is 4.79 Å². The van der Waals surface area contributed by atoms with E-state index in [0.717, 1.165) is 32.5 Å². The maximum atomic E-state index is 12.1. The van der Waals surface area contributed by atoms with E-state index in [1.807, 2.05) is 18.7 Å². The molecule has 2 fully saturated rings. The molecule has 0 aliphatic carbocycles. The molecule has 2 aliphatic heterocycles. The van der Waals surface area contributed by atoms with E-state index in [-0.39, 0.29) is 36.6 Å². The van der Waals surface area contributed by atoms with Crippen molar-refractivity contribution in [1.29, 1.82) is 0 Å². The van der Waals surface area contributed by atoms with Crippen LogP contribution in [0.15, 0.2) is 0 Å². The van der Waals surface area contributed by atoms with Gasteiger partial charge in [0.25, 0.3) is 0 Å². The van der Waals surface area contributed by atoms with Gasteiger partial charge in [0.1, 0.15) is 0 Å². The second-order valence-corrected chi connectivity index (χ2v) is 4.65. The van der Waals surface area contributed by atoms with Crippen LogP contribution >= 0.6 is 12.4 Å². The van der Waals surface area contributed by atoms with Gasteiger partial charge in [-0.1, -0.05) is 0 Å². The smallest absolute Gasteiger partial charge is 0.239 e. The third-order valence-electron chi connectivity index (χ3n) is 3.09. The Hall–Kier alpha value is -0.320. The van der Waals surface area contributed by atoms with Crippen LogP contribution in [0.4, 0.5) is 0 Å². The standard InChI is InChI=1S/C11H20N2O2.ClH/c1-8-6-13(7-9(2)15-8)11(14)10-4-3-5-12-10;/h8-10,12H,3-7H2,1-2H3;1H/t8?,9?,10-;/m0./s1. The van der Waals surface area contributed by atoms with Crippen molar-refractivity contribution in [3.8, 4) is 0 Å². The van der Waals surface area contributed by atoms with Gasteiger partial charge in [-0.25, -0.2) is 0 Å². The molecular weight excluding hydrogens is 228 g/mol. The summed E-state index contributed by atoms with van der Waals surface area (Å²) in [5, 5.41) is 3.25. The number of ether oxygens (including phenoxy) is 1. The van der Waals surface area contributed by atoms with Crippen LogP contribution in [0.3, 0.4) is 0 Å². The number of halogens is 1. The molecule has 4 nitrogen and oxygen atoms in total. The van der Waals surface area contributed by atoms with Crippen molar-refractivity contribution >= 4 is 18.3 Å². The summed E-state index contributed by atoms with van der Waals surface area (Å²) in [7, 11) is 0. The molecule has 0 saturated carbocycles. The summed E-state index contributed by atoms with van der Waals surface area (Å²) >= 11 is 0. The second kappa shape index (κ2) is 5.84. The van der Waals surface area contributed by atoms with E-state index in [1.165, 1.54) is 0 Å². The predicted molar refractivity (Wildman–Crippen MR) is 64.9 cm³/mol. The number of nitrogens with zero attached hydrogens (tertiary/aromatic N) is 1. The Labute approximate surface area is 103 Å². The van der Waals surface area contributed by atoms with Crippen molar-refractivity contribution in [1.82, 2.24) is 10.2 Å². The molecule has 3 atom stereocenters. The fourth-order valence-electron chi connectivity index (χ4n) is 2.47. The lowest BCUT2D eigenvalue weighted by Crippen LogP contribution is -2.53. The molecule has 0 aromatic heterocycles. The van der Waals surface area contributed by atoms with E-state index in [4.69, 9.17) is 4.74 Å². The van der Waals surface area contributed by atoms with Gasteiger partial charge in [0.15, 0.2) is 0 Å². The number of nitrogens with one attached hydrogen (secondary N) is 1. The summed E-state index contributed by atoms with van der Waals surface area (Å²) in [6.07, 6.45) is 2.43. The fraction of sp³-hybridized carbons (Fsp3) is 0.909. The maximum Gasteiger partial charge on any atom is 0.239 e. The third kappa shape index (κ3) is 3.09. The zero-order valence-corrected chi connectivity index (χ0v) is 10.8. The van der Waals surface area contributed by atoms with Crippen molar-refractivity contribution < 1.29 is 9.53 Å². The molecule has 2 aliphatic rings. The van der Waals surface area contributed by atoms with Crippen LogP contribution in [0.2, 0.25) is 0 Å². The van der Waals surface area contributed by atoms with Crippen LogP contribution in [0, 0.1) is 0 Å². The minimum absolute atomic E-state index is 0. The summed E-state index contributed by atoms with van der Waals surface area (Å²) in [5.41, 5.74) is 0. The number of hydrogen-bond acceptors (Lipinski definition) is 3. The van der Waals surface area contributed by atoms with Crippen molar-refractivity contribution in [2.75, 3.05) is 19.6 Å². The van der Waals surface area contributed by atoms with E-state index in [2.05, 4.69) is 5.32 Å². The Morgan fingerprint density at radius 3 is 2.44 bits per heavy atom. The quantitative estimate of drug-likeness (QED) is 0.746. The van der Waals surface area contributed by atoms with Gasteiger partial charge in [-0.2, -0.15) is 0 Å². The highest BCUT2D eigenvalue weighted by Gasteiger charge is 2.31. The first-order chi connectivity index (χ1) is 7.16. The average Bonchev–Trinajstić information content (AvgIpc) is 2.67. The molecule has 0 radical (unpaired) electrons. The summed E-state index contributed by atoms with van der Waals surface area (Å²) in [6.45, 7) is 6.50. The van der Waals surface area contributed by atoms with Crippen molar-refractivity contribution in [2.24, 2.45) is 0 Å². The van der Waals surface area contributed by atoms with Gasteiger partial charge in [-0.05, 0) is 33.2 Å². The SMILES string of the molecule is CC1CN(C(=O)[C@@H]2CCCN2)CC(C)O1.Cl. The Balaban J connectivity index is 0.00000128. The van der Waals surface area contributed by atoms with Gasteiger partial charge >= 0.3 is 0 Å². The Morgan fingerprint density at radius 2 is 1.94 bits per heavy atom. The molecular formula is C11H21ClN2O2. The molecule has 2 unspecified atom stereocenters. The normalized spacial score (nSPS) is 34.6. The number of hydrogen-bond donors (Lipinski definition) is 1. The minimum Gasteiger partial charge on any atom is -0.372 e. The van der Waals surface area contributed by atoms with E-state index in [9.17, 15) is 4.79 Å². The molecule has 0 aromatic rings. The highest BCUT2D eigenvalue weighted by atomic mass is 35.5. The summed E-state index contributed by atoms with van der Waals surface area (Å²) in [6, 6.07) is 0.0579. The number of rotatable bonds is 1. The average molecular weight is 249 g/mol. The van der Waals surface area contributed by atoms with Crippen molar-refractivity contribution in [2.45, 2.75) is 44.9 Å². The van der Waals surface area contributed by atoms with E-state index >= 15 is 0 Å². The van der Waals surface area contributed by atoms with Gasteiger partial charge in [-0.15, -0.1) is 12.4 Å². The maximum absolute atomic E-state index is 12.1. The first-order valence-corrected chi connectivity index (χ1v) is 5.84. The molecule has 2 heterocycles. The fourth-order valence-corrected chi connectivity index (χ4v) is 2.47. The Morgan fingerprint density at radius 1 is 1.31 bits per heavy atom. The van der Waals surface area contributed by atoms with E-state index < -0.39 is 0 Å². The van der Waals surface area contributed by atoms with Gasteiger partial charge in [0.2, 0.25) is 5.91 Å². The highest BCUT2D eigenvalue weighted by Crippen LogP contribution is 2.15. The van der Waals surface area contributed by atoms with Crippen LogP contribution in [0.1, 0.15) is 26.7 Å². The lowest BCUT2D eigenvalue weighted by atomic mass is 10.1. The summed E-state index contributed by atoms with van der Waals surface area (Å²) in [5.74, 6) is 0.259. The highest BCUT2D eigenvalue weighted by molar-refractivity contribution is 5.85. The molecule has 5 heteroatoms. The molecule has 16 heavy (non-hydrogen) atoms. The number of carbonyl (C=O) groups excluding carboxylic acids is 1. The van der Waals surface area contributed by atoms with Crippen LogP contribution < -0.4 is 5.32 Å². The molecule has 0 bridgehead atoms. The number of morpholine rings is 1. The zero-order valence-electron chi connectivity index (χ0n) is 9.94. The molecule has 1 N–H and O–H groups in total. The van der Waals surface area contributed by atoms with Crippen LogP contribution in [-0.4, -0.2) is 48.7 Å². The van der Waals surface area contributed by atoms with E-state index in [0.29, 0.717) is 0 Å². The van der Waals surface area contributed by atoms with Crippen molar-refractivity contribution in [3.63, 3.8) is 0 Å². The van der Waals surface area contributed by atoms with Crippen LogP contribution in [0.5, 0.6) is 0 Å². The van der Waals surface area contributed by atoms with Gasteiger partial charge < -0.3 is 15.0 Å². The van der Waals surface area contributed by atoms with Gasteiger partial charge in [0.05, 0.1) is 18.2 Å². The monoisotopic (exact) mass is 248 g/mol. The zero-order chi connectivity index (χ0) is 10.8. The summed E-state index contributed by atoms with van der Waals surface area (Å²) < 4.78 is 5.61. The second-order valence-electron chi connectivity index (χ2n) is 4.65. The largest absolute Gasteiger partial charge is 0.372 e. The molecule has 2 saturated heterocycles. The first-order valence-electron chi connectivity index (χ1n) is 5.84. The molecule has 0 aromatic carbocycles. The Kier molecular flexibility index (Phi) is 5.02. The van der Waals surface area contributed by atoms with Crippen LogP contribution in [-0.2, 0) is 9.53 Å². The minimum atomic E-state index is 0. The van der Waals surface area contributed by atoms with Crippen LogP contribution in [0.25, 0.3) is 0 Å². The lowest BCUT2D eigenvalue weighted by Gasteiger charge is -2.36. The number of carbonyl (C=O) groups is 1. The third-order valence-corrected chi connectivity index (χ3v) is 3.09. The molecule has 1 amide bonds. The van der Waals surface area contributed by atoms with Gasteiger partial charge in [0, 0.05) is 13.1 Å². The number of amides is 1. The molecule has 94 valence electrons. The molecule has 0 spiro atoms. The van der Waals surface area contributed by atoms with Crippen molar-refractivity contribution in [3.05, 3.63) is 0 Å². The summed E-state index contributed by atoms with van der Waals surface area (Å²) in [4.78, 5) is 14.0. The molecule has 2 rings (SSSR count). The first kappa shape index (κ1) is 13.7. The Bertz CT molecular complexity index is 234. The topological polar surface area (TPSA) is 41.6 Å². The predicted octanol–water partition coefficient (Wildman–Crippen LogP) is 0.796. The van der Waals surface area contributed by atoms with E-state index in [1.54, 1.807) is 0 Å².